The van der Waals surface area contributed by atoms with Gasteiger partial charge in [-0.3, -0.25) is 4.79 Å². The molecule has 0 atom stereocenters. The van der Waals surface area contributed by atoms with Crippen LogP contribution in [0.25, 0.3) is 0 Å². The highest BCUT2D eigenvalue weighted by molar-refractivity contribution is 6.12. The molecule has 0 saturated heterocycles. The van der Waals surface area contributed by atoms with Crippen molar-refractivity contribution in [2.75, 3.05) is 11.4 Å². The second kappa shape index (κ2) is 5.13. The molecule has 0 aliphatic carbocycles. The Balaban J connectivity index is 2.09. The largest absolute Gasteiger partial charge is 0.464 e. The van der Waals surface area contributed by atoms with Crippen molar-refractivity contribution >= 4 is 11.6 Å². The molecule has 0 fully saturated rings. The summed E-state index contributed by atoms with van der Waals surface area (Å²) in [6.07, 6.45) is 0. The minimum Gasteiger partial charge on any atom is -0.464 e. The number of hydrogen-bond acceptors (Lipinski definition) is 3. The number of nitrogens with zero attached hydrogens (tertiary/aromatic N) is 1. The fourth-order valence-corrected chi connectivity index (χ4v) is 3.64. The molecule has 0 bridgehead atoms. The minimum absolute atomic E-state index is 0.0325. The molecule has 2 aromatic heterocycles. The number of hydrogen-bond donors (Lipinski definition) is 0. The van der Waals surface area contributed by atoms with Crippen LogP contribution in [0.4, 0.5) is 5.69 Å². The smallest absolute Gasteiger partial charge is 0.253 e. The first-order valence-corrected chi connectivity index (χ1v) is 8.14. The van der Waals surface area contributed by atoms with E-state index in [1.165, 1.54) is 0 Å². The van der Waals surface area contributed by atoms with Gasteiger partial charge in [0.1, 0.15) is 23.0 Å². The minimum atomic E-state index is -1.06. The number of amides is 1. The molecule has 0 unspecified atom stereocenters. The molecule has 0 N–H and O–H groups in total. The SMILES string of the molecule is CCN1C(=O)C(c2ccc(C)o2)(c2ccc(C)o2)c2ccccc21. The van der Waals surface area contributed by atoms with Gasteiger partial charge in [-0.2, -0.15) is 0 Å². The summed E-state index contributed by atoms with van der Waals surface area (Å²) in [5, 5.41) is 0. The number of likely N-dealkylation sites (N-methyl/N-ethyl adjacent to an activating group) is 1. The van der Waals surface area contributed by atoms with Gasteiger partial charge in [-0.05, 0) is 51.1 Å². The molecule has 1 aromatic carbocycles. The van der Waals surface area contributed by atoms with Crippen LogP contribution < -0.4 is 4.90 Å². The van der Waals surface area contributed by atoms with Crippen molar-refractivity contribution in [2.45, 2.75) is 26.2 Å². The van der Waals surface area contributed by atoms with Gasteiger partial charge in [0, 0.05) is 17.8 Å². The lowest BCUT2D eigenvalue weighted by Gasteiger charge is -2.24. The highest BCUT2D eigenvalue weighted by Gasteiger charge is 2.57. The normalized spacial score (nSPS) is 15.8. The number of benzene rings is 1. The van der Waals surface area contributed by atoms with Crippen molar-refractivity contribution in [3.8, 4) is 0 Å². The Labute approximate surface area is 140 Å². The zero-order valence-corrected chi connectivity index (χ0v) is 14.0. The maximum atomic E-state index is 13.5. The topological polar surface area (TPSA) is 46.6 Å². The Morgan fingerprint density at radius 2 is 1.50 bits per heavy atom. The number of rotatable bonds is 3. The van der Waals surface area contributed by atoms with Crippen molar-refractivity contribution in [1.29, 1.82) is 0 Å². The third-order valence-electron chi connectivity index (χ3n) is 4.70. The van der Waals surface area contributed by atoms with Crippen LogP contribution in [0, 0.1) is 13.8 Å². The van der Waals surface area contributed by atoms with Crippen molar-refractivity contribution in [3.05, 3.63) is 77.1 Å². The van der Waals surface area contributed by atoms with Gasteiger partial charge in [-0.25, -0.2) is 0 Å². The number of furan rings is 2. The fourth-order valence-electron chi connectivity index (χ4n) is 3.64. The summed E-state index contributed by atoms with van der Waals surface area (Å²) in [6, 6.07) is 15.4. The Bertz CT molecular complexity index is 878. The van der Waals surface area contributed by atoms with Crippen molar-refractivity contribution in [2.24, 2.45) is 0 Å². The van der Waals surface area contributed by atoms with E-state index in [0.717, 1.165) is 22.8 Å². The van der Waals surface area contributed by atoms with E-state index in [2.05, 4.69) is 0 Å². The Hall–Kier alpha value is -2.75. The number of aryl methyl sites for hydroxylation is 2. The van der Waals surface area contributed by atoms with Crippen LogP contribution in [0.1, 0.15) is 35.5 Å². The third kappa shape index (κ3) is 1.77. The number of para-hydroxylation sites is 1. The molecule has 4 heteroatoms. The zero-order valence-electron chi connectivity index (χ0n) is 14.0. The molecule has 3 heterocycles. The molecule has 1 amide bonds. The summed E-state index contributed by atoms with van der Waals surface area (Å²) in [7, 11) is 0. The first-order valence-electron chi connectivity index (χ1n) is 8.14. The number of carbonyl (C=O) groups excluding carboxylic acids is 1. The zero-order chi connectivity index (χ0) is 16.9. The number of anilines is 1. The van der Waals surface area contributed by atoms with Gasteiger partial charge in [-0.15, -0.1) is 0 Å². The summed E-state index contributed by atoms with van der Waals surface area (Å²) in [5.41, 5.74) is 0.753. The van der Waals surface area contributed by atoms with Gasteiger partial charge in [0.25, 0.3) is 5.91 Å². The van der Waals surface area contributed by atoms with Gasteiger partial charge >= 0.3 is 0 Å². The summed E-state index contributed by atoms with van der Waals surface area (Å²) in [5.74, 6) is 2.71. The van der Waals surface area contributed by atoms with Crippen molar-refractivity contribution < 1.29 is 13.6 Å². The predicted molar refractivity (Wildman–Crippen MR) is 91.2 cm³/mol. The summed E-state index contributed by atoms with van der Waals surface area (Å²) in [6.45, 7) is 6.34. The Morgan fingerprint density at radius 3 is 2.00 bits per heavy atom. The van der Waals surface area contributed by atoms with E-state index in [1.807, 2.05) is 69.3 Å². The van der Waals surface area contributed by atoms with E-state index in [1.54, 1.807) is 4.90 Å². The monoisotopic (exact) mass is 321 g/mol. The first-order chi connectivity index (χ1) is 11.6. The summed E-state index contributed by atoms with van der Waals surface area (Å²) >= 11 is 0. The summed E-state index contributed by atoms with van der Waals surface area (Å²) < 4.78 is 11.9. The van der Waals surface area contributed by atoms with Crippen LogP contribution in [-0.4, -0.2) is 12.5 Å². The molecular weight excluding hydrogens is 302 g/mol. The molecule has 1 aliphatic heterocycles. The van der Waals surface area contributed by atoms with E-state index >= 15 is 0 Å². The van der Waals surface area contributed by atoms with E-state index in [0.29, 0.717) is 18.1 Å². The maximum Gasteiger partial charge on any atom is 0.253 e. The highest BCUT2D eigenvalue weighted by Crippen LogP contribution is 2.50. The quantitative estimate of drug-likeness (QED) is 0.726. The van der Waals surface area contributed by atoms with Gasteiger partial charge in [0.15, 0.2) is 5.41 Å². The number of carbonyl (C=O) groups is 1. The lowest BCUT2D eigenvalue weighted by Crippen LogP contribution is -2.41. The third-order valence-corrected chi connectivity index (χ3v) is 4.70. The number of fused-ring (bicyclic) bond motifs is 1. The van der Waals surface area contributed by atoms with E-state index in [4.69, 9.17) is 8.83 Å². The standard InChI is InChI=1S/C20H19NO3/c1-4-21-16-8-6-5-7-15(16)20(19(21)22,17-11-9-13(2)23-17)18-12-10-14(3)24-18/h5-12H,4H2,1-3H3. The second-order valence-electron chi connectivity index (χ2n) is 6.14. The van der Waals surface area contributed by atoms with Crippen LogP contribution in [0.3, 0.4) is 0 Å². The maximum absolute atomic E-state index is 13.5. The van der Waals surface area contributed by atoms with Crippen LogP contribution in [-0.2, 0) is 10.2 Å². The average Bonchev–Trinajstić information content (AvgIpc) is 3.25. The van der Waals surface area contributed by atoms with Crippen molar-refractivity contribution in [3.63, 3.8) is 0 Å². The molecule has 0 saturated carbocycles. The molecule has 0 spiro atoms. The Kier molecular flexibility index (Phi) is 3.17. The van der Waals surface area contributed by atoms with Crippen LogP contribution in [0.2, 0.25) is 0 Å². The van der Waals surface area contributed by atoms with Gasteiger partial charge in [-0.1, -0.05) is 18.2 Å². The van der Waals surface area contributed by atoms with Gasteiger partial charge in [0.05, 0.1) is 0 Å². The molecule has 3 aromatic rings. The molecule has 4 rings (SSSR count). The van der Waals surface area contributed by atoms with Crippen molar-refractivity contribution in [1.82, 2.24) is 0 Å². The molecule has 122 valence electrons. The average molecular weight is 321 g/mol. The molecule has 4 nitrogen and oxygen atoms in total. The lowest BCUT2D eigenvalue weighted by atomic mass is 9.77. The predicted octanol–water partition coefficient (Wildman–Crippen LogP) is 4.19. The van der Waals surface area contributed by atoms with E-state index < -0.39 is 5.41 Å². The highest BCUT2D eigenvalue weighted by atomic mass is 16.4. The van der Waals surface area contributed by atoms with Crippen LogP contribution >= 0.6 is 0 Å². The Morgan fingerprint density at radius 1 is 0.917 bits per heavy atom. The molecule has 24 heavy (non-hydrogen) atoms. The first kappa shape index (κ1) is 14.8. The van der Waals surface area contributed by atoms with Crippen LogP contribution in [0.5, 0.6) is 0 Å². The lowest BCUT2D eigenvalue weighted by molar-refractivity contribution is -0.121. The molecule has 0 radical (unpaired) electrons. The molecular formula is C20H19NO3. The fraction of sp³-hybridized carbons (Fsp3) is 0.250. The van der Waals surface area contributed by atoms with Crippen LogP contribution in [0.15, 0.2) is 57.4 Å². The second-order valence-corrected chi connectivity index (χ2v) is 6.14. The summed E-state index contributed by atoms with van der Waals surface area (Å²) in [4.78, 5) is 15.3. The molecule has 1 aliphatic rings. The van der Waals surface area contributed by atoms with Gasteiger partial charge in [0.2, 0.25) is 0 Å². The van der Waals surface area contributed by atoms with E-state index in [9.17, 15) is 4.79 Å². The van der Waals surface area contributed by atoms with Gasteiger partial charge < -0.3 is 13.7 Å². The van der Waals surface area contributed by atoms with E-state index in [-0.39, 0.29) is 5.91 Å².